The summed E-state index contributed by atoms with van der Waals surface area (Å²) in [7, 11) is 2.36. The molecule has 0 radical (unpaired) electrons. The SMILES string of the molecule is C=C[C@@H](C)[C@@H](C(=O)N(C)C)[S@@](=O)C1CCCCC1. The van der Waals surface area contributed by atoms with Crippen LogP contribution in [0, 0.1) is 5.92 Å². The van der Waals surface area contributed by atoms with Gasteiger partial charge in [-0.05, 0) is 18.8 Å². The maximum Gasteiger partial charge on any atom is 0.238 e. The molecule has 0 spiro atoms. The van der Waals surface area contributed by atoms with Crippen LogP contribution in [-0.2, 0) is 15.6 Å². The van der Waals surface area contributed by atoms with Crippen molar-refractivity contribution in [3.05, 3.63) is 12.7 Å². The average molecular weight is 271 g/mol. The van der Waals surface area contributed by atoms with Crippen molar-refractivity contribution in [3.63, 3.8) is 0 Å². The molecule has 1 aliphatic carbocycles. The van der Waals surface area contributed by atoms with Crippen LogP contribution >= 0.6 is 0 Å². The Balaban J connectivity index is 2.84. The van der Waals surface area contributed by atoms with Gasteiger partial charge in [0, 0.05) is 30.1 Å². The third-order valence-corrected chi connectivity index (χ3v) is 5.92. The summed E-state index contributed by atoms with van der Waals surface area (Å²) < 4.78 is 12.7. The lowest BCUT2D eigenvalue weighted by Crippen LogP contribution is -2.43. The third-order valence-electron chi connectivity index (χ3n) is 3.66. The lowest BCUT2D eigenvalue weighted by Gasteiger charge is -2.29. The Labute approximate surface area is 113 Å². The van der Waals surface area contributed by atoms with E-state index in [4.69, 9.17) is 0 Å². The van der Waals surface area contributed by atoms with Crippen LogP contribution in [0.15, 0.2) is 12.7 Å². The molecule has 1 amide bonds. The van der Waals surface area contributed by atoms with Crippen LogP contribution in [0.5, 0.6) is 0 Å². The number of hydrogen-bond acceptors (Lipinski definition) is 2. The van der Waals surface area contributed by atoms with E-state index in [9.17, 15) is 9.00 Å². The summed E-state index contributed by atoms with van der Waals surface area (Å²) in [4.78, 5) is 13.8. The Morgan fingerprint density at radius 1 is 1.33 bits per heavy atom. The predicted octanol–water partition coefficient (Wildman–Crippen LogP) is 2.35. The van der Waals surface area contributed by atoms with Gasteiger partial charge in [0.05, 0.1) is 0 Å². The zero-order valence-electron chi connectivity index (χ0n) is 11.7. The molecule has 0 saturated heterocycles. The molecule has 1 rings (SSSR count). The van der Waals surface area contributed by atoms with Crippen molar-refractivity contribution >= 4 is 16.7 Å². The summed E-state index contributed by atoms with van der Waals surface area (Å²) in [5.74, 6) is -0.0750. The quantitative estimate of drug-likeness (QED) is 0.720. The summed E-state index contributed by atoms with van der Waals surface area (Å²) in [6.45, 7) is 5.68. The molecule has 0 aromatic heterocycles. The van der Waals surface area contributed by atoms with Crippen LogP contribution < -0.4 is 0 Å². The second kappa shape index (κ2) is 7.07. The van der Waals surface area contributed by atoms with Crippen molar-refractivity contribution in [2.24, 2.45) is 5.92 Å². The Morgan fingerprint density at radius 3 is 2.33 bits per heavy atom. The number of rotatable bonds is 5. The van der Waals surface area contributed by atoms with Gasteiger partial charge in [-0.15, -0.1) is 6.58 Å². The van der Waals surface area contributed by atoms with E-state index in [-0.39, 0.29) is 17.1 Å². The first-order valence-corrected chi connectivity index (χ1v) is 7.99. The van der Waals surface area contributed by atoms with Gasteiger partial charge in [0.2, 0.25) is 5.91 Å². The zero-order valence-corrected chi connectivity index (χ0v) is 12.5. The first-order valence-electron chi connectivity index (χ1n) is 6.72. The van der Waals surface area contributed by atoms with Crippen LogP contribution in [0.25, 0.3) is 0 Å². The van der Waals surface area contributed by atoms with Gasteiger partial charge in [-0.1, -0.05) is 32.3 Å². The molecule has 0 heterocycles. The van der Waals surface area contributed by atoms with Crippen molar-refractivity contribution in [2.75, 3.05) is 14.1 Å². The molecule has 104 valence electrons. The minimum atomic E-state index is -1.09. The molecule has 1 saturated carbocycles. The zero-order chi connectivity index (χ0) is 13.7. The lowest BCUT2D eigenvalue weighted by atomic mass is 10.0. The lowest BCUT2D eigenvalue weighted by molar-refractivity contribution is -0.128. The Bertz CT molecular complexity index is 322. The average Bonchev–Trinajstić information content (AvgIpc) is 2.39. The fourth-order valence-electron chi connectivity index (χ4n) is 2.42. The fourth-order valence-corrected chi connectivity index (χ4v) is 4.58. The largest absolute Gasteiger partial charge is 0.348 e. The molecule has 3 nitrogen and oxygen atoms in total. The highest BCUT2D eigenvalue weighted by atomic mass is 32.2. The summed E-state index contributed by atoms with van der Waals surface area (Å²) in [6, 6.07) is 0. The van der Waals surface area contributed by atoms with Gasteiger partial charge < -0.3 is 4.90 Å². The maximum absolute atomic E-state index is 12.7. The van der Waals surface area contributed by atoms with Crippen molar-refractivity contribution in [1.82, 2.24) is 4.90 Å². The molecule has 3 atom stereocenters. The van der Waals surface area contributed by atoms with Crippen LogP contribution in [0.3, 0.4) is 0 Å². The molecule has 0 bridgehead atoms. The first kappa shape index (κ1) is 15.4. The van der Waals surface area contributed by atoms with Gasteiger partial charge in [-0.3, -0.25) is 9.00 Å². The third kappa shape index (κ3) is 3.67. The minimum Gasteiger partial charge on any atom is -0.348 e. The van der Waals surface area contributed by atoms with Crippen molar-refractivity contribution < 1.29 is 9.00 Å². The molecule has 0 aliphatic heterocycles. The van der Waals surface area contributed by atoms with Crippen LogP contribution in [0.1, 0.15) is 39.0 Å². The van der Waals surface area contributed by atoms with Gasteiger partial charge in [-0.25, -0.2) is 0 Å². The second-order valence-corrected chi connectivity index (χ2v) is 7.17. The van der Waals surface area contributed by atoms with E-state index < -0.39 is 16.0 Å². The molecule has 0 unspecified atom stereocenters. The topological polar surface area (TPSA) is 37.4 Å². The van der Waals surface area contributed by atoms with Crippen LogP contribution in [0.2, 0.25) is 0 Å². The van der Waals surface area contributed by atoms with Gasteiger partial charge in [-0.2, -0.15) is 0 Å². The predicted molar refractivity (Wildman–Crippen MR) is 76.9 cm³/mol. The minimum absolute atomic E-state index is 0.0358. The van der Waals surface area contributed by atoms with E-state index >= 15 is 0 Å². The fraction of sp³-hybridized carbons (Fsp3) is 0.786. The van der Waals surface area contributed by atoms with Gasteiger partial charge in [0.25, 0.3) is 0 Å². The molecule has 4 heteroatoms. The summed E-state index contributed by atoms with van der Waals surface area (Å²) in [5, 5.41) is -0.240. The molecular formula is C14H25NO2S. The molecule has 0 N–H and O–H groups in total. The van der Waals surface area contributed by atoms with E-state index in [0.29, 0.717) is 0 Å². The number of hydrogen-bond donors (Lipinski definition) is 0. The smallest absolute Gasteiger partial charge is 0.238 e. The molecule has 18 heavy (non-hydrogen) atoms. The number of carbonyl (C=O) groups is 1. The summed E-state index contributed by atoms with van der Waals surface area (Å²) in [6.07, 6.45) is 7.24. The standard InChI is InChI=1S/C14H25NO2S/c1-5-11(2)13(14(16)15(3)4)18(17)12-9-7-6-8-10-12/h5,11-13H,1,6-10H2,2-4H3/t11-,13+,18+/m1/s1. The number of nitrogens with zero attached hydrogens (tertiary/aromatic N) is 1. The monoisotopic (exact) mass is 271 g/mol. The highest BCUT2D eigenvalue weighted by Crippen LogP contribution is 2.27. The van der Waals surface area contributed by atoms with E-state index in [1.165, 1.54) is 6.42 Å². The maximum atomic E-state index is 12.7. The van der Waals surface area contributed by atoms with Crippen molar-refractivity contribution in [3.8, 4) is 0 Å². The highest BCUT2D eigenvalue weighted by Gasteiger charge is 2.35. The van der Waals surface area contributed by atoms with Crippen molar-refractivity contribution in [2.45, 2.75) is 49.5 Å². The van der Waals surface area contributed by atoms with E-state index in [1.54, 1.807) is 25.1 Å². The second-order valence-electron chi connectivity index (χ2n) is 5.34. The Morgan fingerprint density at radius 2 is 1.89 bits per heavy atom. The van der Waals surface area contributed by atoms with Crippen molar-refractivity contribution in [1.29, 1.82) is 0 Å². The Kier molecular flexibility index (Phi) is 6.06. The number of amides is 1. The first-order chi connectivity index (χ1) is 8.49. The molecule has 1 aliphatic rings. The molecule has 0 aromatic carbocycles. The van der Waals surface area contributed by atoms with E-state index in [0.717, 1.165) is 25.7 Å². The van der Waals surface area contributed by atoms with Gasteiger partial charge in [0.1, 0.15) is 5.25 Å². The van der Waals surface area contributed by atoms with Gasteiger partial charge >= 0.3 is 0 Å². The van der Waals surface area contributed by atoms with Crippen LogP contribution in [0.4, 0.5) is 0 Å². The highest BCUT2D eigenvalue weighted by molar-refractivity contribution is 7.87. The normalized spacial score (nSPS) is 21.9. The molecule has 1 fully saturated rings. The summed E-state index contributed by atoms with van der Waals surface area (Å²) >= 11 is 0. The van der Waals surface area contributed by atoms with Gasteiger partial charge in [0.15, 0.2) is 0 Å². The Hall–Kier alpha value is -0.640. The number of allylic oxidation sites excluding steroid dienone is 1. The van der Waals surface area contributed by atoms with Crippen LogP contribution in [-0.4, -0.2) is 39.6 Å². The van der Waals surface area contributed by atoms with E-state index in [2.05, 4.69) is 6.58 Å². The molecular weight excluding hydrogens is 246 g/mol. The molecule has 0 aromatic rings. The van der Waals surface area contributed by atoms with E-state index in [1.807, 2.05) is 6.92 Å². The number of carbonyl (C=O) groups excluding carboxylic acids is 1. The summed E-state index contributed by atoms with van der Waals surface area (Å²) in [5.41, 5.74) is 0.